The van der Waals surface area contributed by atoms with E-state index in [2.05, 4.69) is 10.3 Å². The van der Waals surface area contributed by atoms with E-state index in [-0.39, 0.29) is 16.6 Å². The lowest BCUT2D eigenvalue weighted by atomic mass is 10.1. The van der Waals surface area contributed by atoms with Crippen LogP contribution in [-0.4, -0.2) is 37.1 Å². The molecule has 3 rings (SSSR count). The molecule has 2 heterocycles. The summed E-state index contributed by atoms with van der Waals surface area (Å²) in [5.74, 6) is 0.476. The van der Waals surface area contributed by atoms with E-state index in [1.807, 2.05) is 6.92 Å². The Bertz CT molecular complexity index is 888. The van der Waals surface area contributed by atoms with Gasteiger partial charge in [0.05, 0.1) is 24.4 Å². The Hall–Kier alpha value is -2.80. The molecule has 2 aromatic rings. The predicted octanol–water partition coefficient (Wildman–Crippen LogP) is 3.91. The Morgan fingerprint density at radius 2 is 2.11 bits per heavy atom. The average Bonchev–Trinajstić information content (AvgIpc) is 2.70. The zero-order chi connectivity index (χ0) is 20.1. The van der Waals surface area contributed by atoms with Crippen molar-refractivity contribution in [2.45, 2.75) is 26.2 Å². The molecule has 28 heavy (non-hydrogen) atoms. The number of hydrogen-bond acceptors (Lipinski definition) is 5. The normalized spacial score (nSPS) is 14.0. The first-order valence-electron chi connectivity index (χ1n) is 9.12. The van der Waals surface area contributed by atoms with Crippen LogP contribution < -0.4 is 19.7 Å². The van der Waals surface area contributed by atoms with E-state index < -0.39 is 5.91 Å². The number of benzene rings is 1. The number of ether oxygens (including phenoxy) is 2. The highest BCUT2D eigenvalue weighted by molar-refractivity contribution is 6.34. The highest BCUT2D eigenvalue weighted by atomic mass is 35.5. The van der Waals surface area contributed by atoms with Crippen molar-refractivity contribution in [3.8, 4) is 11.6 Å². The summed E-state index contributed by atoms with van der Waals surface area (Å²) in [5.41, 5.74) is 1.21. The van der Waals surface area contributed by atoms with Crippen molar-refractivity contribution in [3.05, 3.63) is 41.0 Å². The van der Waals surface area contributed by atoms with E-state index in [1.165, 1.54) is 0 Å². The average molecular weight is 404 g/mol. The van der Waals surface area contributed by atoms with Crippen molar-refractivity contribution in [2.75, 3.05) is 30.5 Å². The Labute approximate surface area is 168 Å². The number of nitrogens with one attached hydrogen (secondary N) is 1. The smallest absolute Gasteiger partial charge is 0.275 e. The molecule has 148 valence electrons. The fraction of sp³-hybridized carbons (Fsp3) is 0.350. The van der Waals surface area contributed by atoms with Crippen LogP contribution in [0.1, 0.15) is 36.7 Å². The van der Waals surface area contributed by atoms with Gasteiger partial charge >= 0.3 is 0 Å². The molecule has 0 spiro atoms. The molecular weight excluding hydrogens is 382 g/mol. The summed E-state index contributed by atoms with van der Waals surface area (Å²) in [5, 5.41) is 3.00. The van der Waals surface area contributed by atoms with Crippen LogP contribution in [0, 0.1) is 0 Å². The Morgan fingerprint density at radius 1 is 1.29 bits per heavy atom. The molecule has 8 heteroatoms. The second-order valence-corrected chi connectivity index (χ2v) is 6.66. The van der Waals surface area contributed by atoms with Gasteiger partial charge in [0.1, 0.15) is 5.75 Å². The fourth-order valence-electron chi connectivity index (χ4n) is 3.04. The molecule has 0 bridgehead atoms. The van der Waals surface area contributed by atoms with E-state index in [4.69, 9.17) is 21.1 Å². The second kappa shape index (κ2) is 8.93. The molecule has 0 atom stereocenters. The second-order valence-electron chi connectivity index (χ2n) is 6.26. The van der Waals surface area contributed by atoms with Crippen molar-refractivity contribution in [3.63, 3.8) is 0 Å². The number of piperidine rings is 1. The van der Waals surface area contributed by atoms with Crippen molar-refractivity contribution >= 4 is 34.8 Å². The van der Waals surface area contributed by atoms with Crippen molar-refractivity contribution in [1.29, 1.82) is 0 Å². The first kappa shape index (κ1) is 19.9. The highest BCUT2D eigenvalue weighted by Gasteiger charge is 2.23. The van der Waals surface area contributed by atoms with Gasteiger partial charge in [0.15, 0.2) is 5.69 Å². The van der Waals surface area contributed by atoms with Crippen LogP contribution in [0.2, 0.25) is 5.02 Å². The number of halogens is 1. The van der Waals surface area contributed by atoms with E-state index in [9.17, 15) is 9.59 Å². The van der Waals surface area contributed by atoms with Gasteiger partial charge < -0.3 is 19.7 Å². The Morgan fingerprint density at radius 3 is 2.82 bits per heavy atom. The molecule has 1 aromatic heterocycles. The van der Waals surface area contributed by atoms with Crippen LogP contribution in [0.3, 0.4) is 0 Å². The molecule has 0 aliphatic carbocycles. The third-order valence-corrected chi connectivity index (χ3v) is 4.68. The monoisotopic (exact) mass is 403 g/mol. The molecule has 2 amide bonds. The van der Waals surface area contributed by atoms with Crippen LogP contribution in [0.4, 0.5) is 11.4 Å². The van der Waals surface area contributed by atoms with Gasteiger partial charge in [-0.15, -0.1) is 0 Å². The van der Waals surface area contributed by atoms with Crippen LogP contribution >= 0.6 is 11.6 Å². The number of pyridine rings is 1. The number of methoxy groups -OCH3 is 1. The maximum absolute atomic E-state index is 12.7. The molecule has 0 unspecified atom stereocenters. The summed E-state index contributed by atoms with van der Waals surface area (Å²) in [7, 11) is 1.55. The van der Waals surface area contributed by atoms with Gasteiger partial charge in [0.25, 0.3) is 5.91 Å². The van der Waals surface area contributed by atoms with Crippen molar-refractivity contribution < 1.29 is 19.1 Å². The van der Waals surface area contributed by atoms with Gasteiger partial charge in [-0.3, -0.25) is 9.59 Å². The number of carbonyl (C=O) groups excluding carboxylic acids is 2. The summed E-state index contributed by atoms with van der Waals surface area (Å²) in [6.07, 6.45) is 2.31. The molecule has 0 saturated carbocycles. The minimum absolute atomic E-state index is 0.0437. The summed E-state index contributed by atoms with van der Waals surface area (Å²) >= 11 is 6.13. The third-order valence-electron chi connectivity index (χ3n) is 4.38. The lowest BCUT2D eigenvalue weighted by Gasteiger charge is -2.28. The topological polar surface area (TPSA) is 80.8 Å². The molecular formula is C20H22ClN3O4. The summed E-state index contributed by atoms with van der Waals surface area (Å²) in [6, 6.07) is 8.32. The van der Waals surface area contributed by atoms with E-state index in [1.54, 1.807) is 42.3 Å². The minimum atomic E-state index is -0.465. The number of nitrogens with zero attached hydrogens (tertiary/aromatic N) is 2. The quantitative estimate of drug-likeness (QED) is 0.790. The molecule has 1 fully saturated rings. The van der Waals surface area contributed by atoms with Gasteiger partial charge in [-0.1, -0.05) is 11.6 Å². The molecule has 1 aromatic carbocycles. The summed E-state index contributed by atoms with van der Waals surface area (Å²) in [6.45, 7) is 2.88. The van der Waals surface area contributed by atoms with Crippen LogP contribution in [0.5, 0.6) is 11.6 Å². The summed E-state index contributed by atoms with van der Waals surface area (Å²) < 4.78 is 10.7. The van der Waals surface area contributed by atoms with Gasteiger partial charge in [0.2, 0.25) is 11.8 Å². The van der Waals surface area contributed by atoms with Crippen LogP contribution in [0.25, 0.3) is 0 Å². The number of anilines is 2. The van der Waals surface area contributed by atoms with Crippen molar-refractivity contribution in [1.82, 2.24) is 4.98 Å². The third kappa shape index (κ3) is 4.36. The van der Waals surface area contributed by atoms with Crippen LogP contribution in [0.15, 0.2) is 30.3 Å². The number of rotatable bonds is 6. The van der Waals surface area contributed by atoms with Crippen molar-refractivity contribution in [2.24, 2.45) is 0 Å². The maximum Gasteiger partial charge on any atom is 0.275 e. The first-order chi connectivity index (χ1) is 13.5. The number of amides is 2. The lowest BCUT2D eigenvalue weighted by Crippen LogP contribution is -2.35. The molecule has 1 N–H and O–H groups in total. The number of hydrogen-bond donors (Lipinski definition) is 1. The molecule has 0 radical (unpaired) electrons. The summed E-state index contributed by atoms with van der Waals surface area (Å²) in [4.78, 5) is 30.8. The zero-order valence-corrected chi connectivity index (χ0v) is 16.6. The zero-order valence-electron chi connectivity index (χ0n) is 15.8. The largest absolute Gasteiger partial charge is 0.495 e. The van der Waals surface area contributed by atoms with Gasteiger partial charge in [-0.2, -0.15) is 0 Å². The predicted molar refractivity (Wildman–Crippen MR) is 108 cm³/mol. The van der Waals surface area contributed by atoms with Crippen LogP contribution in [-0.2, 0) is 4.79 Å². The van der Waals surface area contributed by atoms with E-state index in [0.717, 1.165) is 12.8 Å². The minimum Gasteiger partial charge on any atom is -0.495 e. The fourth-order valence-corrected chi connectivity index (χ4v) is 3.23. The van der Waals surface area contributed by atoms with E-state index in [0.29, 0.717) is 42.6 Å². The number of aromatic nitrogens is 1. The Balaban J connectivity index is 1.86. The Kier molecular flexibility index (Phi) is 6.36. The lowest BCUT2D eigenvalue weighted by molar-refractivity contribution is -0.119. The first-order valence-corrected chi connectivity index (χ1v) is 9.50. The SMILES string of the molecule is CCOc1ccc(Cl)c(C(=O)Nc2ccc(OC)c(N3CCCCC3=O)c2)n1. The van der Waals surface area contributed by atoms with Gasteiger partial charge in [0, 0.05) is 24.7 Å². The van der Waals surface area contributed by atoms with E-state index >= 15 is 0 Å². The number of carbonyl (C=O) groups is 2. The molecule has 1 aliphatic heterocycles. The molecule has 1 aliphatic rings. The molecule has 1 saturated heterocycles. The standard InChI is InChI=1S/C20H22ClN3O4/c1-3-28-17-10-8-14(21)19(23-17)20(26)22-13-7-9-16(27-2)15(12-13)24-11-5-4-6-18(24)25/h7-10,12H,3-6,11H2,1-2H3,(H,22,26). The van der Waals surface area contributed by atoms with Gasteiger partial charge in [-0.05, 0) is 44.0 Å². The van der Waals surface area contributed by atoms with Gasteiger partial charge in [-0.25, -0.2) is 4.98 Å². The molecule has 7 nitrogen and oxygen atoms in total. The highest BCUT2D eigenvalue weighted by Crippen LogP contribution is 2.34. The maximum atomic E-state index is 12.7.